The van der Waals surface area contributed by atoms with Gasteiger partial charge in [-0.25, -0.2) is 0 Å². The molecular weight excluding hydrogens is 479 g/mol. The second-order valence-electron chi connectivity index (χ2n) is 8.90. The zero-order valence-electron chi connectivity index (χ0n) is 18.4. The summed E-state index contributed by atoms with van der Waals surface area (Å²) in [7, 11) is 0. The predicted molar refractivity (Wildman–Crippen MR) is 137 cm³/mol. The largest absolute Gasteiger partial charge is 0.147 e. The second-order valence-corrected chi connectivity index (χ2v) is 10.1. The third-order valence-corrected chi connectivity index (χ3v) is 8.05. The van der Waals surface area contributed by atoms with Crippen LogP contribution in [0.1, 0.15) is 49.9 Å². The smallest absolute Gasteiger partial charge is 0.147 e. The average molecular weight is 509 g/mol. The van der Waals surface area contributed by atoms with E-state index in [1.54, 1.807) is 0 Å². The summed E-state index contributed by atoms with van der Waals surface area (Å²) in [5.41, 5.74) is 6.72. The normalized spacial score (nSPS) is 17.3. The molecule has 0 saturated heterocycles. The molecule has 31 heavy (non-hydrogen) atoms. The van der Waals surface area contributed by atoms with Crippen molar-refractivity contribution in [1.82, 2.24) is 0 Å². The Kier molecular flexibility index (Phi) is 9.29. The summed E-state index contributed by atoms with van der Waals surface area (Å²) in [5, 5.41) is 0. The van der Waals surface area contributed by atoms with Crippen LogP contribution < -0.4 is 0 Å². The van der Waals surface area contributed by atoms with Crippen LogP contribution in [0.25, 0.3) is 6.08 Å². The SMILES string of the molecule is CC1=Cc2ccccc2[C]1([Ti])C(c1ccccc1)(c1ccccc1)C(C)(C)C.Cl.Cl.Cl. The van der Waals surface area contributed by atoms with Crippen LogP contribution in [0, 0.1) is 5.41 Å². The van der Waals surface area contributed by atoms with E-state index >= 15 is 0 Å². The number of rotatable bonds is 3. The third-order valence-electron chi connectivity index (χ3n) is 6.43. The number of allylic oxidation sites excluding steroid dienone is 1. The molecule has 0 radical (unpaired) electrons. The monoisotopic (exact) mass is 507 g/mol. The van der Waals surface area contributed by atoms with Gasteiger partial charge in [-0.05, 0) is 0 Å². The summed E-state index contributed by atoms with van der Waals surface area (Å²) in [5.74, 6) is 0. The van der Waals surface area contributed by atoms with Crippen LogP contribution in [-0.2, 0) is 29.6 Å². The maximum absolute atomic E-state index is 2.45. The van der Waals surface area contributed by atoms with Gasteiger partial charge in [-0.2, -0.15) is 0 Å². The molecule has 1 unspecified atom stereocenters. The van der Waals surface area contributed by atoms with Crippen molar-refractivity contribution in [2.45, 2.75) is 36.8 Å². The van der Waals surface area contributed by atoms with Crippen LogP contribution in [0.3, 0.4) is 0 Å². The summed E-state index contributed by atoms with van der Waals surface area (Å²) in [6.07, 6.45) is 2.39. The minimum atomic E-state index is -0.213. The minimum Gasteiger partial charge on any atom is -0.147 e. The third kappa shape index (κ3) is 4.07. The van der Waals surface area contributed by atoms with E-state index in [0.29, 0.717) is 0 Å². The van der Waals surface area contributed by atoms with Crippen molar-refractivity contribution in [2.24, 2.45) is 5.41 Å². The molecule has 163 valence electrons. The van der Waals surface area contributed by atoms with Crippen molar-refractivity contribution in [3.05, 3.63) is 113 Å². The standard InChI is InChI=1S/C27H27.3ClH.Ti/c1-20-19-21-13-11-12-18-24(21)25(20)27(26(2,3)4,22-14-7-5-8-15-22)23-16-9-6-10-17-23;;;;/h5-19H,1-4H3;3*1H;. The zero-order chi connectivity index (χ0) is 20.0. The first-order valence-corrected chi connectivity index (χ1v) is 10.8. The number of hydrogen-bond donors (Lipinski definition) is 0. The molecule has 0 heterocycles. The molecule has 0 spiro atoms. The summed E-state index contributed by atoms with van der Waals surface area (Å²) >= 11 is 2.45. The molecule has 0 nitrogen and oxygen atoms in total. The van der Waals surface area contributed by atoms with Gasteiger partial charge in [0.1, 0.15) is 0 Å². The second kappa shape index (κ2) is 10.3. The van der Waals surface area contributed by atoms with E-state index < -0.39 is 0 Å². The Morgan fingerprint density at radius 3 is 1.52 bits per heavy atom. The summed E-state index contributed by atoms with van der Waals surface area (Å²) in [4.78, 5) is 0. The number of hydrogen-bond acceptors (Lipinski definition) is 0. The van der Waals surface area contributed by atoms with Gasteiger partial charge in [0.2, 0.25) is 0 Å². The Morgan fingerprint density at radius 1 is 0.645 bits per heavy atom. The molecule has 0 amide bonds. The quantitative estimate of drug-likeness (QED) is 0.313. The fourth-order valence-corrected chi connectivity index (χ4v) is 6.93. The molecule has 1 aliphatic rings. The number of benzene rings is 3. The van der Waals surface area contributed by atoms with Crippen molar-refractivity contribution in [2.75, 3.05) is 0 Å². The Balaban J connectivity index is 0.00000160. The molecule has 4 rings (SSSR count). The number of halogens is 3. The van der Waals surface area contributed by atoms with Gasteiger partial charge < -0.3 is 0 Å². The van der Waals surface area contributed by atoms with Gasteiger partial charge in [-0.1, -0.05) is 0 Å². The van der Waals surface area contributed by atoms with Crippen LogP contribution in [0.5, 0.6) is 0 Å². The van der Waals surface area contributed by atoms with Gasteiger partial charge >= 0.3 is 182 Å². The van der Waals surface area contributed by atoms with Gasteiger partial charge in [0.15, 0.2) is 0 Å². The molecule has 3 aromatic carbocycles. The zero-order valence-corrected chi connectivity index (χ0v) is 22.4. The van der Waals surface area contributed by atoms with Gasteiger partial charge in [-0.3, -0.25) is 0 Å². The molecule has 1 aliphatic carbocycles. The molecule has 0 bridgehead atoms. The van der Waals surface area contributed by atoms with Crippen molar-refractivity contribution >= 4 is 43.3 Å². The van der Waals surface area contributed by atoms with E-state index in [9.17, 15) is 0 Å². The van der Waals surface area contributed by atoms with Crippen LogP contribution >= 0.6 is 37.2 Å². The molecule has 1 atom stereocenters. The average Bonchev–Trinajstić information content (AvgIpc) is 2.94. The molecule has 3 aromatic rings. The molecular formula is C27H30Cl3Ti. The Bertz CT molecular complexity index is 984. The van der Waals surface area contributed by atoms with E-state index in [1.165, 1.54) is 27.8 Å². The van der Waals surface area contributed by atoms with Gasteiger partial charge in [0, 0.05) is 0 Å². The van der Waals surface area contributed by atoms with Crippen LogP contribution in [0.4, 0.5) is 0 Å². The van der Waals surface area contributed by atoms with Crippen LogP contribution in [-0.4, -0.2) is 0 Å². The first kappa shape index (κ1) is 28.0. The summed E-state index contributed by atoms with van der Waals surface area (Å²) < 4.78 is -0.148. The molecule has 0 aliphatic heterocycles. The maximum atomic E-state index is 2.45. The van der Waals surface area contributed by atoms with Gasteiger partial charge in [0.25, 0.3) is 0 Å². The maximum Gasteiger partial charge on any atom is -0.147 e. The molecule has 4 heteroatoms. The van der Waals surface area contributed by atoms with Gasteiger partial charge in [-0.15, -0.1) is 37.2 Å². The fraction of sp³-hybridized carbons (Fsp3) is 0.259. The van der Waals surface area contributed by atoms with Gasteiger partial charge in [0.05, 0.1) is 0 Å². The van der Waals surface area contributed by atoms with Crippen molar-refractivity contribution in [1.29, 1.82) is 0 Å². The van der Waals surface area contributed by atoms with Crippen molar-refractivity contribution in [3.63, 3.8) is 0 Å². The predicted octanol–water partition coefficient (Wildman–Crippen LogP) is 8.14. The van der Waals surface area contributed by atoms with Crippen LogP contribution in [0.15, 0.2) is 90.5 Å². The van der Waals surface area contributed by atoms with E-state index in [2.05, 4.69) is 139 Å². The first-order chi connectivity index (χ1) is 13.3. The van der Waals surface area contributed by atoms with E-state index in [-0.39, 0.29) is 51.8 Å². The summed E-state index contributed by atoms with van der Waals surface area (Å²) in [6, 6.07) is 31.2. The van der Waals surface area contributed by atoms with E-state index in [0.717, 1.165) is 0 Å². The minimum absolute atomic E-state index is 0. The van der Waals surface area contributed by atoms with E-state index in [4.69, 9.17) is 0 Å². The van der Waals surface area contributed by atoms with Crippen LogP contribution in [0.2, 0.25) is 0 Å². The van der Waals surface area contributed by atoms with E-state index in [1.807, 2.05) is 0 Å². The first-order valence-electron chi connectivity index (χ1n) is 9.98. The summed E-state index contributed by atoms with van der Waals surface area (Å²) in [6.45, 7) is 9.50. The molecule has 0 saturated carbocycles. The fourth-order valence-electron chi connectivity index (χ4n) is 5.42. The van der Waals surface area contributed by atoms with Crippen molar-refractivity contribution in [3.8, 4) is 0 Å². The molecule has 0 fully saturated rings. The Hall–Kier alpha value is -1.02. The molecule has 0 aromatic heterocycles. The Labute approximate surface area is 217 Å². The topological polar surface area (TPSA) is 0 Å². The van der Waals surface area contributed by atoms with Crippen molar-refractivity contribution < 1.29 is 20.4 Å². The Morgan fingerprint density at radius 2 is 1.06 bits per heavy atom. The number of fused-ring (bicyclic) bond motifs is 1. The molecule has 0 N–H and O–H groups in total.